The Hall–Kier alpha value is -4.32. The highest BCUT2D eigenvalue weighted by atomic mass is 35.5. The van der Waals surface area contributed by atoms with E-state index in [2.05, 4.69) is 15.7 Å². The Kier molecular flexibility index (Phi) is 6.56. The Morgan fingerprint density at radius 2 is 1.88 bits per heavy atom. The number of aromatic nitrogens is 2. The molecular weight excluding hydrogens is 583 g/mol. The van der Waals surface area contributed by atoms with Crippen LogP contribution in [0.4, 0.5) is 27.6 Å². The molecule has 1 saturated carbocycles. The molecule has 2 N–H and O–H groups in total. The molecule has 2 aliphatic rings. The molecule has 2 unspecified atom stereocenters. The summed E-state index contributed by atoms with van der Waals surface area (Å²) in [7, 11) is 1.64. The van der Waals surface area contributed by atoms with Crippen molar-refractivity contribution >= 4 is 45.8 Å². The number of hydrogen-bond donors (Lipinski definition) is 2. The molecule has 1 aromatic heterocycles. The second-order valence-corrected chi connectivity index (χ2v) is 10.7. The highest BCUT2D eigenvalue weighted by molar-refractivity contribution is 6.31. The molecule has 216 valence electrons. The maximum atomic E-state index is 14.3. The van der Waals surface area contributed by atoms with Crippen LogP contribution in [0.2, 0.25) is 5.02 Å². The van der Waals surface area contributed by atoms with Gasteiger partial charge in [0.15, 0.2) is 0 Å². The standard InChI is InChI=1S/C29H20ClF5N4O3/c1-39-21(8-12-2-5-22(12)40)18-11-20(36-27(41)13-6-14(29(33,34)35)9-16(32)7-13)23-24(26(18)38-39)28(42)37-25(23)17-10-15(31)3-4-19(17)30/h3-4,6-7,9-12,25H,2,5,8H2,1H3,(H,36,41)(H,37,42). The second kappa shape index (κ2) is 9.90. The van der Waals surface area contributed by atoms with E-state index in [1.54, 1.807) is 7.05 Å². The van der Waals surface area contributed by atoms with Crippen molar-refractivity contribution in [1.82, 2.24) is 15.1 Å². The van der Waals surface area contributed by atoms with Gasteiger partial charge in [-0.15, -0.1) is 0 Å². The van der Waals surface area contributed by atoms with Crippen molar-refractivity contribution in [1.29, 1.82) is 0 Å². The predicted molar refractivity (Wildman–Crippen MR) is 142 cm³/mol. The van der Waals surface area contributed by atoms with Crippen LogP contribution < -0.4 is 10.6 Å². The molecule has 2 heterocycles. The van der Waals surface area contributed by atoms with Crippen molar-refractivity contribution in [3.8, 4) is 0 Å². The maximum absolute atomic E-state index is 14.3. The first-order valence-electron chi connectivity index (χ1n) is 12.8. The number of Topliss-reactive ketones (excluding diaryl/α,β-unsaturated/α-hetero) is 1. The summed E-state index contributed by atoms with van der Waals surface area (Å²) >= 11 is 6.36. The fourth-order valence-electron chi connectivity index (χ4n) is 5.51. The number of anilines is 1. The summed E-state index contributed by atoms with van der Waals surface area (Å²) in [5.74, 6) is -3.75. The topological polar surface area (TPSA) is 93.1 Å². The zero-order valence-electron chi connectivity index (χ0n) is 21.7. The number of alkyl halides is 3. The lowest BCUT2D eigenvalue weighted by Crippen LogP contribution is -2.28. The zero-order valence-corrected chi connectivity index (χ0v) is 22.5. The van der Waals surface area contributed by atoms with Gasteiger partial charge in [0, 0.05) is 57.9 Å². The molecule has 0 saturated heterocycles. The minimum atomic E-state index is -4.91. The number of aryl methyl sites for hydroxylation is 1. The number of fused-ring (bicyclic) bond motifs is 3. The summed E-state index contributed by atoms with van der Waals surface area (Å²) < 4.78 is 69.9. The molecule has 1 aliphatic heterocycles. The number of carbonyl (C=O) groups excluding carboxylic acids is 3. The Morgan fingerprint density at radius 1 is 1.12 bits per heavy atom. The molecule has 0 spiro atoms. The first-order valence-corrected chi connectivity index (χ1v) is 13.2. The first kappa shape index (κ1) is 27.8. The lowest BCUT2D eigenvalue weighted by molar-refractivity contribution is -0.137. The third kappa shape index (κ3) is 4.69. The Balaban J connectivity index is 1.53. The van der Waals surface area contributed by atoms with Crippen LogP contribution in [0.5, 0.6) is 0 Å². The minimum Gasteiger partial charge on any atom is -0.341 e. The smallest absolute Gasteiger partial charge is 0.341 e. The molecule has 7 nitrogen and oxygen atoms in total. The third-order valence-electron chi connectivity index (χ3n) is 7.72. The molecule has 0 radical (unpaired) electrons. The van der Waals surface area contributed by atoms with E-state index in [1.807, 2.05) is 0 Å². The third-order valence-corrected chi connectivity index (χ3v) is 8.07. The SMILES string of the molecule is Cn1nc2c3c(c(NC(=O)c4cc(F)cc(C(F)(F)F)c4)cc2c1CC1CCC1=O)C(c1cc(F)ccc1Cl)NC3=O. The summed E-state index contributed by atoms with van der Waals surface area (Å²) in [5, 5.41) is 10.3. The molecular formula is C29H20ClF5N4O3. The van der Waals surface area contributed by atoms with Crippen LogP contribution in [-0.2, 0) is 24.4 Å². The van der Waals surface area contributed by atoms with Crippen LogP contribution in [0.1, 0.15) is 62.0 Å². The fraction of sp³-hybridized carbons (Fsp3) is 0.241. The van der Waals surface area contributed by atoms with Gasteiger partial charge in [-0.25, -0.2) is 8.78 Å². The Morgan fingerprint density at radius 3 is 2.55 bits per heavy atom. The van der Waals surface area contributed by atoms with Crippen LogP contribution in [0.25, 0.3) is 10.9 Å². The normalized spacial score (nSPS) is 18.2. The van der Waals surface area contributed by atoms with E-state index in [4.69, 9.17) is 11.6 Å². The average Bonchev–Trinajstić information content (AvgIpc) is 3.42. The van der Waals surface area contributed by atoms with Gasteiger partial charge in [0.05, 0.1) is 17.2 Å². The lowest BCUT2D eigenvalue weighted by atomic mass is 9.80. The van der Waals surface area contributed by atoms with Gasteiger partial charge in [-0.2, -0.15) is 18.3 Å². The van der Waals surface area contributed by atoms with Crippen LogP contribution in [-0.4, -0.2) is 27.4 Å². The quantitative estimate of drug-likeness (QED) is 0.269. The summed E-state index contributed by atoms with van der Waals surface area (Å²) in [6.07, 6.45) is -3.45. The number of amides is 2. The summed E-state index contributed by atoms with van der Waals surface area (Å²) in [4.78, 5) is 38.8. The van der Waals surface area contributed by atoms with Gasteiger partial charge in [-0.1, -0.05) is 11.6 Å². The number of nitrogens with zero attached hydrogens (tertiary/aromatic N) is 2. The van der Waals surface area contributed by atoms with E-state index in [0.29, 0.717) is 42.5 Å². The van der Waals surface area contributed by atoms with Crippen LogP contribution in [0.3, 0.4) is 0 Å². The average molecular weight is 603 g/mol. The monoisotopic (exact) mass is 602 g/mol. The van der Waals surface area contributed by atoms with E-state index in [-0.39, 0.29) is 50.7 Å². The summed E-state index contributed by atoms with van der Waals surface area (Å²) in [6.45, 7) is 0. The second-order valence-electron chi connectivity index (χ2n) is 10.3. The van der Waals surface area contributed by atoms with Gasteiger partial charge >= 0.3 is 6.18 Å². The van der Waals surface area contributed by atoms with Crippen molar-refractivity contribution in [2.45, 2.75) is 31.5 Å². The molecule has 6 rings (SSSR count). The van der Waals surface area contributed by atoms with Crippen molar-refractivity contribution < 1.29 is 36.3 Å². The molecule has 4 aromatic rings. The van der Waals surface area contributed by atoms with E-state index >= 15 is 0 Å². The largest absolute Gasteiger partial charge is 0.416 e. The summed E-state index contributed by atoms with van der Waals surface area (Å²) in [5.41, 5.74) is -0.737. The number of halogens is 6. The number of rotatable bonds is 5. The highest BCUT2D eigenvalue weighted by Crippen LogP contribution is 2.44. The van der Waals surface area contributed by atoms with Gasteiger partial charge in [0.2, 0.25) is 0 Å². The van der Waals surface area contributed by atoms with Crippen molar-refractivity contribution in [3.05, 3.63) is 92.6 Å². The Labute approximate surface area is 239 Å². The van der Waals surface area contributed by atoms with Crippen LogP contribution in [0.15, 0.2) is 42.5 Å². The van der Waals surface area contributed by atoms with Gasteiger partial charge in [-0.3, -0.25) is 19.1 Å². The molecule has 3 aromatic carbocycles. The van der Waals surface area contributed by atoms with E-state index < -0.39 is 46.8 Å². The van der Waals surface area contributed by atoms with E-state index in [1.165, 1.54) is 16.8 Å². The first-order chi connectivity index (χ1) is 19.8. The number of ketones is 1. The Bertz CT molecular complexity index is 1830. The molecule has 1 fully saturated rings. The fourth-order valence-corrected chi connectivity index (χ4v) is 5.74. The maximum Gasteiger partial charge on any atom is 0.416 e. The molecule has 0 bridgehead atoms. The lowest BCUT2D eigenvalue weighted by Gasteiger charge is -2.24. The zero-order chi connectivity index (χ0) is 30.1. The molecule has 13 heteroatoms. The van der Waals surface area contributed by atoms with Crippen molar-refractivity contribution in [2.75, 3.05) is 5.32 Å². The number of hydrogen-bond acceptors (Lipinski definition) is 4. The molecule has 42 heavy (non-hydrogen) atoms. The summed E-state index contributed by atoms with van der Waals surface area (Å²) in [6, 6.07) is 5.43. The van der Waals surface area contributed by atoms with E-state index in [9.17, 15) is 36.3 Å². The van der Waals surface area contributed by atoms with E-state index in [0.717, 1.165) is 12.1 Å². The molecule has 2 atom stereocenters. The van der Waals surface area contributed by atoms with Gasteiger partial charge in [0.1, 0.15) is 22.9 Å². The number of benzene rings is 3. The minimum absolute atomic E-state index is 0.00168. The van der Waals surface area contributed by atoms with Crippen LogP contribution >= 0.6 is 11.6 Å². The van der Waals surface area contributed by atoms with Gasteiger partial charge in [0.25, 0.3) is 11.8 Å². The van der Waals surface area contributed by atoms with Crippen LogP contribution in [0, 0.1) is 17.6 Å². The molecule has 2 amide bonds. The van der Waals surface area contributed by atoms with Crippen molar-refractivity contribution in [3.63, 3.8) is 0 Å². The molecule has 1 aliphatic carbocycles. The predicted octanol–water partition coefficient (Wildman–Crippen LogP) is 6.13. The highest BCUT2D eigenvalue weighted by Gasteiger charge is 2.39. The number of carbonyl (C=O) groups is 3. The van der Waals surface area contributed by atoms with Crippen molar-refractivity contribution in [2.24, 2.45) is 13.0 Å². The van der Waals surface area contributed by atoms with Gasteiger partial charge in [-0.05, 0) is 55.3 Å². The number of nitrogens with one attached hydrogen (secondary N) is 2. The van der Waals surface area contributed by atoms with Gasteiger partial charge < -0.3 is 10.6 Å².